The smallest absolute Gasteiger partial charge is 0.144 e. The number of aromatic nitrogens is 2. The van der Waals surface area contributed by atoms with Crippen LogP contribution in [-0.2, 0) is 0 Å². The van der Waals surface area contributed by atoms with E-state index in [4.69, 9.17) is 9.97 Å². The van der Waals surface area contributed by atoms with Gasteiger partial charge < -0.3 is 5.32 Å². The highest BCUT2D eigenvalue weighted by Crippen LogP contribution is 2.42. The Balaban J connectivity index is 1.97. The van der Waals surface area contributed by atoms with Crippen molar-refractivity contribution in [3.63, 3.8) is 0 Å². The zero-order valence-corrected chi connectivity index (χ0v) is 15.0. The maximum Gasteiger partial charge on any atom is 0.144 e. The van der Waals surface area contributed by atoms with Gasteiger partial charge in [-0.3, -0.25) is 0 Å². The SMILES string of the molecule is CCNc1nc(C2CCCS2)nc(C2CCCC2)c1I. The zero-order chi connectivity index (χ0) is 13.9. The maximum absolute atomic E-state index is 5.00. The molecule has 1 saturated heterocycles. The molecule has 1 aliphatic carbocycles. The Labute approximate surface area is 139 Å². The third kappa shape index (κ3) is 3.08. The van der Waals surface area contributed by atoms with Crippen molar-refractivity contribution in [2.24, 2.45) is 0 Å². The molecule has 3 nitrogen and oxygen atoms in total. The van der Waals surface area contributed by atoms with Crippen molar-refractivity contribution in [3.05, 3.63) is 15.1 Å². The molecule has 2 aliphatic rings. The van der Waals surface area contributed by atoms with Crippen molar-refractivity contribution >= 4 is 40.2 Å². The molecular weight excluding hydrogens is 381 g/mol. The van der Waals surface area contributed by atoms with Crippen LogP contribution >= 0.6 is 34.4 Å². The van der Waals surface area contributed by atoms with E-state index in [-0.39, 0.29) is 0 Å². The summed E-state index contributed by atoms with van der Waals surface area (Å²) in [5.41, 5.74) is 1.32. The number of halogens is 1. The third-order valence-corrected chi connectivity index (χ3v) is 6.63. The molecule has 0 aromatic carbocycles. The standard InChI is InChI=1S/C15H22IN3S/c1-2-17-15-12(16)13(10-6-3-4-7-10)18-14(19-15)11-8-5-9-20-11/h10-11H,2-9H2,1H3,(H,17,18,19). The maximum atomic E-state index is 5.00. The van der Waals surface area contributed by atoms with Crippen LogP contribution in [0.5, 0.6) is 0 Å². The summed E-state index contributed by atoms with van der Waals surface area (Å²) in [5.74, 6) is 4.06. The van der Waals surface area contributed by atoms with Gasteiger partial charge in [-0.15, -0.1) is 0 Å². The van der Waals surface area contributed by atoms with Gasteiger partial charge in [-0.1, -0.05) is 12.8 Å². The Morgan fingerprint density at radius 1 is 1.20 bits per heavy atom. The van der Waals surface area contributed by atoms with Crippen molar-refractivity contribution in [2.75, 3.05) is 17.6 Å². The Morgan fingerprint density at radius 2 is 2.00 bits per heavy atom. The Bertz CT molecular complexity index is 468. The Morgan fingerprint density at radius 3 is 2.65 bits per heavy atom. The number of anilines is 1. The lowest BCUT2D eigenvalue weighted by Crippen LogP contribution is -2.12. The molecular formula is C15H22IN3S. The molecule has 2 fully saturated rings. The summed E-state index contributed by atoms with van der Waals surface area (Å²) in [6.07, 6.45) is 7.86. The second-order valence-electron chi connectivity index (χ2n) is 5.64. The average Bonchev–Trinajstić information content (AvgIpc) is 3.14. The van der Waals surface area contributed by atoms with E-state index < -0.39 is 0 Å². The fraction of sp³-hybridized carbons (Fsp3) is 0.733. The van der Waals surface area contributed by atoms with E-state index in [0.717, 1.165) is 18.2 Å². The van der Waals surface area contributed by atoms with Crippen molar-refractivity contribution in [2.45, 2.75) is 56.6 Å². The normalized spacial score (nSPS) is 23.4. The quantitative estimate of drug-likeness (QED) is 0.738. The highest BCUT2D eigenvalue weighted by molar-refractivity contribution is 14.1. The first-order valence-electron chi connectivity index (χ1n) is 7.72. The van der Waals surface area contributed by atoms with Crippen LogP contribution in [0.2, 0.25) is 0 Å². The Kier molecular flexibility index (Phi) is 5.07. The van der Waals surface area contributed by atoms with E-state index in [2.05, 4.69) is 34.8 Å². The van der Waals surface area contributed by atoms with Gasteiger partial charge in [0.25, 0.3) is 0 Å². The van der Waals surface area contributed by atoms with E-state index in [9.17, 15) is 0 Å². The predicted octanol–water partition coefficient (Wildman–Crippen LogP) is 4.74. The van der Waals surface area contributed by atoms with E-state index in [1.54, 1.807) is 0 Å². The number of hydrogen-bond acceptors (Lipinski definition) is 4. The summed E-state index contributed by atoms with van der Waals surface area (Å²) in [5, 5.41) is 3.95. The lowest BCUT2D eigenvalue weighted by Gasteiger charge is -2.18. The van der Waals surface area contributed by atoms with Crippen LogP contribution in [0.15, 0.2) is 0 Å². The number of rotatable bonds is 4. The van der Waals surface area contributed by atoms with Gasteiger partial charge >= 0.3 is 0 Å². The molecule has 3 rings (SSSR count). The van der Waals surface area contributed by atoms with Gasteiger partial charge in [-0.25, -0.2) is 9.97 Å². The lowest BCUT2D eigenvalue weighted by atomic mass is 10.0. The highest BCUT2D eigenvalue weighted by Gasteiger charge is 2.27. The van der Waals surface area contributed by atoms with Crippen LogP contribution in [0.3, 0.4) is 0 Å². The minimum absolute atomic E-state index is 0.518. The van der Waals surface area contributed by atoms with Gasteiger partial charge in [0.05, 0.1) is 14.5 Å². The van der Waals surface area contributed by atoms with Crippen LogP contribution in [0.25, 0.3) is 0 Å². The van der Waals surface area contributed by atoms with Crippen molar-refractivity contribution in [1.82, 2.24) is 9.97 Å². The molecule has 0 amide bonds. The molecule has 1 N–H and O–H groups in total. The molecule has 110 valence electrons. The van der Waals surface area contributed by atoms with Gasteiger partial charge in [-0.05, 0) is 61.0 Å². The largest absolute Gasteiger partial charge is 0.369 e. The van der Waals surface area contributed by atoms with Gasteiger partial charge in [0.2, 0.25) is 0 Å². The molecule has 1 aromatic rings. The fourth-order valence-electron chi connectivity index (χ4n) is 3.16. The van der Waals surface area contributed by atoms with Crippen molar-refractivity contribution in [1.29, 1.82) is 0 Å². The Hall–Kier alpha value is -0.0400. The fourth-order valence-corrected chi connectivity index (χ4v) is 5.24. The van der Waals surface area contributed by atoms with E-state index >= 15 is 0 Å². The molecule has 1 atom stereocenters. The first kappa shape index (κ1) is 14.9. The molecule has 5 heteroatoms. The second-order valence-corrected chi connectivity index (χ2v) is 8.03. The van der Waals surface area contributed by atoms with E-state index in [1.807, 2.05) is 11.8 Å². The van der Waals surface area contributed by atoms with Gasteiger partial charge in [0.15, 0.2) is 0 Å². The second kappa shape index (κ2) is 6.81. The molecule has 20 heavy (non-hydrogen) atoms. The zero-order valence-electron chi connectivity index (χ0n) is 12.0. The molecule has 1 aliphatic heterocycles. The lowest BCUT2D eigenvalue weighted by molar-refractivity contribution is 0.670. The third-order valence-electron chi connectivity index (χ3n) is 4.20. The van der Waals surface area contributed by atoms with Crippen LogP contribution < -0.4 is 5.32 Å². The number of nitrogens with one attached hydrogen (secondary N) is 1. The minimum atomic E-state index is 0.518. The predicted molar refractivity (Wildman–Crippen MR) is 94.6 cm³/mol. The summed E-state index contributed by atoms with van der Waals surface area (Å²) in [6.45, 7) is 3.06. The van der Waals surface area contributed by atoms with Crippen molar-refractivity contribution in [3.8, 4) is 0 Å². The number of thioether (sulfide) groups is 1. The van der Waals surface area contributed by atoms with E-state index in [0.29, 0.717) is 11.2 Å². The average molecular weight is 403 g/mol. The highest BCUT2D eigenvalue weighted by atomic mass is 127. The van der Waals surface area contributed by atoms with Crippen LogP contribution in [-0.4, -0.2) is 22.3 Å². The molecule has 1 aromatic heterocycles. The monoisotopic (exact) mass is 403 g/mol. The van der Waals surface area contributed by atoms with E-state index in [1.165, 1.54) is 53.5 Å². The number of hydrogen-bond donors (Lipinski definition) is 1. The van der Waals surface area contributed by atoms with Gasteiger partial charge in [0.1, 0.15) is 11.6 Å². The number of nitrogens with zero attached hydrogens (tertiary/aromatic N) is 2. The first-order chi connectivity index (χ1) is 9.79. The summed E-state index contributed by atoms with van der Waals surface area (Å²) in [4.78, 5) is 9.83. The summed E-state index contributed by atoms with van der Waals surface area (Å²) in [7, 11) is 0. The topological polar surface area (TPSA) is 37.8 Å². The first-order valence-corrected chi connectivity index (χ1v) is 9.85. The van der Waals surface area contributed by atoms with Crippen LogP contribution in [0.4, 0.5) is 5.82 Å². The van der Waals surface area contributed by atoms with Gasteiger partial charge in [0, 0.05) is 12.5 Å². The van der Waals surface area contributed by atoms with Gasteiger partial charge in [-0.2, -0.15) is 11.8 Å². The molecule has 1 saturated carbocycles. The molecule has 1 unspecified atom stereocenters. The minimum Gasteiger partial charge on any atom is -0.369 e. The summed E-state index contributed by atoms with van der Waals surface area (Å²) in [6, 6.07) is 0. The molecule has 2 heterocycles. The van der Waals surface area contributed by atoms with Crippen LogP contribution in [0.1, 0.15) is 68.1 Å². The molecule has 0 spiro atoms. The summed E-state index contributed by atoms with van der Waals surface area (Å²) >= 11 is 4.46. The molecule has 0 radical (unpaired) electrons. The molecule has 0 bridgehead atoms. The van der Waals surface area contributed by atoms with Crippen molar-refractivity contribution < 1.29 is 0 Å². The summed E-state index contributed by atoms with van der Waals surface area (Å²) < 4.78 is 1.25. The van der Waals surface area contributed by atoms with Crippen LogP contribution in [0, 0.1) is 3.57 Å².